The lowest BCUT2D eigenvalue weighted by molar-refractivity contribution is 0.0981. The van der Waals surface area contributed by atoms with Crippen molar-refractivity contribution in [3.63, 3.8) is 0 Å². The number of hydrogen-bond acceptors (Lipinski definition) is 3. The fraction of sp³-hybridized carbons (Fsp3) is 0.364. The lowest BCUT2D eigenvalue weighted by Crippen LogP contribution is -1.97. The Hall–Kier alpha value is -1.51. The number of carbonyl (C=O) groups excluding carboxylic acids is 1. The number of fused-ring (bicyclic) bond motifs is 1. The van der Waals surface area contributed by atoms with Gasteiger partial charge >= 0.3 is 0 Å². The molecule has 1 aliphatic heterocycles. The van der Waals surface area contributed by atoms with Gasteiger partial charge in [0.25, 0.3) is 0 Å². The smallest absolute Gasteiger partial charge is 0.231 e. The first-order valence-electron chi connectivity index (χ1n) is 4.74. The topological polar surface area (TPSA) is 35.5 Å². The van der Waals surface area contributed by atoms with Gasteiger partial charge in [0.1, 0.15) is 0 Å². The Labute approximate surface area is 82.6 Å². The minimum atomic E-state index is 0.158. The highest BCUT2D eigenvalue weighted by Crippen LogP contribution is 2.32. The van der Waals surface area contributed by atoms with Crippen LogP contribution in [0.15, 0.2) is 18.2 Å². The summed E-state index contributed by atoms with van der Waals surface area (Å²) in [6.07, 6.45) is 1.45. The van der Waals surface area contributed by atoms with Gasteiger partial charge in [-0.25, -0.2) is 0 Å². The van der Waals surface area contributed by atoms with E-state index >= 15 is 0 Å². The number of ether oxygens (including phenoxy) is 2. The molecule has 0 aliphatic carbocycles. The molecule has 1 heterocycles. The van der Waals surface area contributed by atoms with Crippen molar-refractivity contribution in [1.82, 2.24) is 0 Å². The van der Waals surface area contributed by atoms with E-state index in [1.807, 2.05) is 6.92 Å². The van der Waals surface area contributed by atoms with E-state index in [-0.39, 0.29) is 12.6 Å². The van der Waals surface area contributed by atoms with Crippen LogP contribution in [0.4, 0.5) is 0 Å². The van der Waals surface area contributed by atoms with Gasteiger partial charge in [0.2, 0.25) is 6.79 Å². The molecule has 0 radical (unpaired) electrons. The summed E-state index contributed by atoms with van der Waals surface area (Å²) in [7, 11) is 0. The van der Waals surface area contributed by atoms with E-state index in [0.717, 1.165) is 12.2 Å². The molecule has 0 amide bonds. The molecule has 0 saturated heterocycles. The van der Waals surface area contributed by atoms with Crippen LogP contribution in [-0.4, -0.2) is 12.6 Å². The highest BCUT2D eigenvalue weighted by atomic mass is 16.7. The summed E-state index contributed by atoms with van der Waals surface area (Å²) in [6, 6.07) is 5.32. The van der Waals surface area contributed by atoms with E-state index in [1.54, 1.807) is 18.2 Å². The Bertz CT molecular complexity index is 358. The summed E-state index contributed by atoms with van der Waals surface area (Å²) in [5, 5.41) is 0. The standard InChI is InChI=1S/C11H12O3/c1-2-3-9(12)8-4-5-10-11(6-8)14-7-13-10/h4-6H,2-3,7H2,1H3. The van der Waals surface area contributed by atoms with E-state index in [0.29, 0.717) is 17.7 Å². The number of carbonyl (C=O) groups is 1. The fourth-order valence-corrected chi connectivity index (χ4v) is 1.44. The molecular weight excluding hydrogens is 180 g/mol. The van der Waals surface area contributed by atoms with Crippen LogP contribution in [-0.2, 0) is 0 Å². The molecule has 0 unspecified atom stereocenters. The Morgan fingerprint density at radius 3 is 2.93 bits per heavy atom. The Morgan fingerprint density at radius 2 is 2.14 bits per heavy atom. The molecule has 0 saturated carbocycles. The van der Waals surface area contributed by atoms with Crippen LogP contribution in [0, 0.1) is 0 Å². The Morgan fingerprint density at radius 1 is 1.36 bits per heavy atom. The van der Waals surface area contributed by atoms with Crippen LogP contribution in [0.3, 0.4) is 0 Å². The Kier molecular flexibility index (Phi) is 2.39. The van der Waals surface area contributed by atoms with E-state index in [1.165, 1.54) is 0 Å². The van der Waals surface area contributed by atoms with E-state index in [9.17, 15) is 4.79 Å². The number of ketones is 1. The molecule has 0 N–H and O–H groups in total. The fourth-order valence-electron chi connectivity index (χ4n) is 1.44. The van der Waals surface area contributed by atoms with Gasteiger partial charge in [0.05, 0.1) is 0 Å². The van der Waals surface area contributed by atoms with Crippen LogP contribution in [0.25, 0.3) is 0 Å². The minimum Gasteiger partial charge on any atom is -0.454 e. The quantitative estimate of drug-likeness (QED) is 0.690. The normalized spacial score (nSPS) is 12.9. The lowest BCUT2D eigenvalue weighted by Gasteiger charge is -2.00. The molecule has 3 heteroatoms. The molecule has 0 aromatic heterocycles. The Balaban J connectivity index is 2.24. The second-order valence-electron chi connectivity index (χ2n) is 3.24. The third kappa shape index (κ3) is 1.58. The zero-order valence-electron chi connectivity index (χ0n) is 8.08. The molecule has 74 valence electrons. The summed E-state index contributed by atoms with van der Waals surface area (Å²) in [4.78, 5) is 11.5. The van der Waals surface area contributed by atoms with Gasteiger partial charge in [0.15, 0.2) is 17.3 Å². The summed E-state index contributed by atoms with van der Waals surface area (Å²) in [6.45, 7) is 2.24. The van der Waals surface area contributed by atoms with Crippen LogP contribution in [0.2, 0.25) is 0 Å². The van der Waals surface area contributed by atoms with Gasteiger partial charge in [-0.05, 0) is 24.6 Å². The van der Waals surface area contributed by atoms with E-state index < -0.39 is 0 Å². The van der Waals surface area contributed by atoms with Crippen LogP contribution in [0.1, 0.15) is 30.1 Å². The van der Waals surface area contributed by atoms with Crippen LogP contribution >= 0.6 is 0 Å². The first-order valence-corrected chi connectivity index (χ1v) is 4.74. The molecule has 3 nitrogen and oxygen atoms in total. The first kappa shape index (κ1) is 9.06. The number of benzene rings is 1. The number of rotatable bonds is 3. The van der Waals surface area contributed by atoms with E-state index in [2.05, 4.69) is 0 Å². The minimum absolute atomic E-state index is 0.158. The maximum absolute atomic E-state index is 11.5. The van der Waals surface area contributed by atoms with Gasteiger partial charge in [-0.15, -0.1) is 0 Å². The molecule has 0 atom stereocenters. The van der Waals surface area contributed by atoms with Crippen molar-refractivity contribution in [3.8, 4) is 11.5 Å². The summed E-state index contributed by atoms with van der Waals surface area (Å²) >= 11 is 0. The highest BCUT2D eigenvalue weighted by Gasteiger charge is 2.15. The van der Waals surface area contributed by atoms with Crippen molar-refractivity contribution in [2.45, 2.75) is 19.8 Å². The van der Waals surface area contributed by atoms with Gasteiger partial charge in [0, 0.05) is 12.0 Å². The third-order valence-electron chi connectivity index (χ3n) is 2.17. The van der Waals surface area contributed by atoms with E-state index in [4.69, 9.17) is 9.47 Å². The third-order valence-corrected chi connectivity index (χ3v) is 2.17. The average molecular weight is 192 g/mol. The molecule has 1 aliphatic rings. The van der Waals surface area contributed by atoms with Crippen LogP contribution < -0.4 is 9.47 Å². The molecule has 2 rings (SSSR count). The maximum Gasteiger partial charge on any atom is 0.231 e. The number of hydrogen-bond donors (Lipinski definition) is 0. The summed E-state index contributed by atoms with van der Waals surface area (Å²) in [5.74, 6) is 1.55. The summed E-state index contributed by atoms with van der Waals surface area (Å²) in [5.41, 5.74) is 0.705. The van der Waals surface area contributed by atoms with Gasteiger partial charge in [-0.3, -0.25) is 4.79 Å². The lowest BCUT2D eigenvalue weighted by atomic mass is 10.1. The first-order chi connectivity index (χ1) is 6.81. The molecule has 0 bridgehead atoms. The highest BCUT2D eigenvalue weighted by molar-refractivity contribution is 5.96. The maximum atomic E-state index is 11.5. The van der Waals surface area contributed by atoms with Gasteiger partial charge < -0.3 is 9.47 Å². The second-order valence-corrected chi connectivity index (χ2v) is 3.24. The molecule has 1 aromatic rings. The molecular formula is C11H12O3. The van der Waals surface area contributed by atoms with Crippen molar-refractivity contribution < 1.29 is 14.3 Å². The average Bonchev–Trinajstić information content (AvgIpc) is 2.64. The molecule has 0 spiro atoms. The number of Topliss-reactive ketones (excluding diaryl/α,β-unsaturated/α-hetero) is 1. The van der Waals surface area contributed by atoms with Crippen molar-refractivity contribution in [2.75, 3.05) is 6.79 Å². The monoisotopic (exact) mass is 192 g/mol. The predicted octanol–water partition coefficient (Wildman–Crippen LogP) is 2.40. The van der Waals surface area contributed by atoms with Crippen molar-refractivity contribution in [2.24, 2.45) is 0 Å². The second kappa shape index (κ2) is 3.70. The van der Waals surface area contributed by atoms with Gasteiger partial charge in [-0.2, -0.15) is 0 Å². The van der Waals surface area contributed by atoms with Crippen molar-refractivity contribution in [3.05, 3.63) is 23.8 Å². The molecule has 0 fully saturated rings. The molecule has 1 aromatic carbocycles. The zero-order valence-corrected chi connectivity index (χ0v) is 8.08. The van der Waals surface area contributed by atoms with Crippen molar-refractivity contribution in [1.29, 1.82) is 0 Å². The largest absolute Gasteiger partial charge is 0.454 e. The van der Waals surface area contributed by atoms with Gasteiger partial charge in [-0.1, -0.05) is 6.92 Å². The molecule has 14 heavy (non-hydrogen) atoms. The zero-order chi connectivity index (χ0) is 9.97. The predicted molar refractivity (Wildman–Crippen MR) is 51.8 cm³/mol. The summed E-state index contributed by atoms with van der Waals surface area (Å²) < 4.78 is 10.4. The van der Waals surface area contributed by atoms with Crippen LogP contribution in [0.5, 0.6) is 11.5 Å². The van der Waals surface area contributed by atoms with Crippen molar-refractivity contribution >= 4 is 5.78 Å². The SMILES string of the molecule is CCCC(=O)c1ccc2c(c1)OCO2.